The van der Waals surface area contributed by atoms with Crippen molar-refractivity contribution in [1.82, 2.24) is 10.3 Å². The first-order valence-corrected chi connectivity index (χ1v) is 5.12. The Hall–Kier alpha value is -1.83. The summed E-state index contributed by atoms with van der Waals surface area (Å²) in [6.07, 6.45) is -4.82. The minimum absolute atomic E-state index is 0.237. The zero-order chi connectivity index (χ0) is 13.5. The highest BCUT2D eigenvalue weighted by Gasteiger charge is 2.38. The maximum atomic E-state index is 12.5. The van der Waals surface area contributed by atoms with Gasteiger partial charge in [-0.2, -0.15) is 13.2 Å². The van der Waals surface area contributed by atoms with E-state index in [4.69, 9.17) is 0 Å². The van der Waals surface area contributed by atoms with Crippen LogP contribution >= 0.6 is 0 Å². The van der Waals surface area contributed by atoms with Crippen molar-refractivity contribution in [2.75, 3.05) is 4.90 Å². The molecule has 0 aliphatic carbocycles. The van der Waals surface area contributed by atoms with Gasteiger partial charge in [-0.05, 0) is 19.1 Å². The molecule has 0 saturated carbocycles. The number of urea groups is 1. The number of rotatable bonds is 1. The Morgan fingerprint density at radius 1 is 1.50 bits per heavy atom. The number of aromatic nitrogens is 1. The topological polar surface area (TPSA) is 65.5 Å². The lowest BCUT2D eigenvalue weighted by molar-refractivity contribution is -0.137. The Bertz CT molecular complexity index is 478. The molecule has 2 rings (SSSR count). The molecule has 98 valence electrons. The summed E-state index contributed by atoms with van der Waals surface area (Å²) in [5.74, 6) is -0.237. The second kappa shape index (κ2) is 4.13. The monoisotopic (exact) mass is 261 g/mol. The summed E-state index contributed by atoms with van der Waals surface area (Å²) in [6.45, 7) is 1.54. The molecular formula is C10H10F3N3O2. The summed E-state index contributed by atoms with van der Waals surface area (Å²) in [5.41, 5.74) is -0.924. The molecule has 2 unspecified atom stereocenters. The van der Waals surface area contributed by atoms with Gasteiger partial charge in [0.1, 0.15) is 5.82 Å². The van der Waals surface area contributed by atoms with Gasteiger partial charge in [-0.15, -0.1) is 0 Å². The molecule has 0 spiro atoms. The lowest BCUT2D eigenvalue weighted by Crippen LogP contribution is -2.36. The maximum Gasteiger partial charge on any atom is 0.416 e. The number of carbonyl (C=O) groups is 1. The molecule has 18 heavy (non-hydrogen) atoms. The van der Waals surface area contributed by atoms with Crippen molar-refractivity contribution in [2.24, 2.45) is 0 Å². The normalized spacial score (nSPS) is 24.3. The van der Waals surface area contributed by atoms with Crippen LogP contribution < -0.4 is 10.2 Å². The third kappa shape index (κ3) is 2.10. The highest BCUT2D eigenvalue weighted by atomic mass is 19.4. The molecule has 2 amide bonds. The van der Waals surface area contributed by atoms with E-state index in [2.05, 4.69) is 10.3 Å². The van der Waals surface area contributed by atoms with E-state index < -0.39 is 30.0 Å². The fourth-order valence-electron chi connectivity index (χ4n) is 1.65. The zero-order valence-electron chi connectivity index (χ0n) is 9.27. The van der Waals surface area contributed by atoms with Gasteiger partial charge >= 0.3 is 12.2 Å². The molecule has 1 saturated heterocycles. The molecule has 1 fully saturated rings. The van der Waals surface area contributed by atoms with E-state index in [0.29, 0.717) is 0 Å². The number of halogens is 3. The third-order valence-corrected chi connectivity index (χ3v) is 2.60. The van der Waals surface area contributed by atoms with Crippen molar-refractivity contribution in [3.05, 3.63) is 23.9 Å². The van der Waals surface area contributed by atoms with Gasteiger partial charge in [-0.3, -0.25) is 0 Å². The van der Waals surface area contributed by atoms with E-state index in [1.54, 1.807) is 0 Å². The van der Waals surface area contributed by atoms with E-state index in [1.807, 2.05) is 0 Å². The Balaban J connectivity index is 2.37. The van der Waals surface area contributed by atoms with Crippen LogP contribution in [0.3, 0.4) is 0 Å². The predicted molar refractivity (Wildman–Crippen MR) is 55.7 cm³/mol. The van der Waals surface area contributed by atoms with E-state index in [0.717, 1.165) is 23.2 Å². The van der Waals surface area contributed by atoms with Crippen molar-refractivity contribution in [2.45, 2.75) is 25.4 Å². The first-order valence-electron chi connectivity index (χ1n) is 5.12. The van der Waals surface area contributed by atoms with E-state index in [1.165, 1.54) is 6.92 Å². The number of carbonyl (C=O) groups excluding carboxylic acids is 1. The van der Waals surface area contributed by atoms with Crippen LogP contribution in [0.4, 0.5) is 23.8 Å². The number of amides is 2. The number of hydrogen-bond acceptors (Lipinski definition) is 3. The van der Waals surface area contributed by atoms with Crippen LogP contribution in [0.25, 0.3) is 0 Å². The minimum Gasteiger partial charge on any atom is -0.371 e. The number of alkyl halides is 3. The third-order valence-electron chi connectivity index (χ3n) is 2.60. The number of aliphatic hydroxyl groups excluding tert-OH is 1. The standard InChI is InChI=1S/C10H10F3N3O2/c1-5-8(17)16(9(18)15-5)7-4-6(2-3-14-7)10(11,12)13/h2-5,8,17H,1H3,(H,15,18). The number of pyridine rings is 1. The quantitative estimate of drug-likeness (QED) is 0.801. The van der Waals surface area contributed by atoms with Gasteiger partial charge in [0, 0.05) is 6.20 Å². The maximum absolute atomic E-state index is 12.5. The molecular weight excluding hydrogens is 251 g/mol. The Morgan fingerprint density at radius 3 is 2.67 bits per heavy atom. The first kappa shape index (κ1) is 12.6. The van der Waals surface area contributed by atoms with E-state index >= 15 is 0 Å². The van der Waals surface area contributed by atoms with Crippen molar-refractivity contribution in [3.63, 3.8) is 0 Å². The second-order valence-corrected chi connectivity index (χ2v) is 3.92. The summed E-state index contributed by atoms with van der Waals surface area (Å²) >= 11 is 0. The van der Waals surface area contributed by atoms with Crippen molar-refractivity contribution >= 4 is 11.8 Å². The largest absolute Gasteiger partial charge is 0.416 e. The highest BCUT2D eigenvalue weighted by Crippen LogP contribution is 2.31. The van der Waals surface area contributed by atoms with Crippen molar-refractivity contribution < 1.29 is 23.1 Å². The van der Waals surface area contributed by atoms with Crippen molar-refractivity contribution in [3.8, 4) is 0 Å². The number of nitrogens with one attached hydrogen (secondary N) is 1. The van der Waals surface area contributed by atoms with Gasteiger partial charge in [0.15, 0.2) is 6.23 Å². The van der Waals surface area contributed by atoms with Crippen LogP contribution in [0.2, 0.25) is 0 Å². The molecule has 8 heteroatoms. The lowest BCUT2D eigenvalue weighted by Gasteiger charge is -2.19. The van der Waals surface area contributed by atoms with E-state index in [-0.39, 0.29) is 5.82 Å². The number of aliphatic hydroxyl groups is 1. The average molecular weight is 261 g/mol. The number of hydrogen-bond donors (Lipinski definition) is 2. The molecule has 5 nitrogen and oxygen atoms in total. The molecule has 1 aromatic rings. The Labute approximate surface area is 100 Å². The SMILES string of the molecule is CC1NC(=O)N(c2cc(C(F)(F)F)ccn2)C1O. The molecule has 1 aliphatic rings. The Morgan fingerprint density at radius 2 is 2.17 bits per heavy atom. The Kier molecular flexibility index (Phi) is 2.89. The molecule has 0 radical (unpaired) electrons. The highest BCUT2D eigenvalue weighted by molar-refractivity contribution is 5.94. The summed E-state index contributed by atoms with van der Waals surface area (Å²) in [4.78, 5) is 16.0. The zero-order valence-corrected chi connectivity index (χ0v) is 9.27. The van der Waals surface area contributed by atoms with Gasteiger partial charge in [0.05, 0.1) is 11.6 Å². The van der Waals surface area contributed by atoms with Crippen LogP contribution in [-0.4, -0.2) is 28.4 Å². The van der Waals surface area contributed by atoms with Crippen LogP contribution in [0, 0.1) is 0 Å². The second-order valence-electron chi connectivity index (χ2n) is 3.92. The smallest absolute Gasteiger partial charge is 0.371 e. The molecule has 2 heterocycles. The lowest BCUT2D eigenvalue weighted by atomic mass is 10.2. The molecule has 0 aromatic carbocycles. The van der Waals surface area contributed by atoms with Gasteiger partial charge in [-0.25, -0.2) is 14.7 Å². The number of anilines is 1. The first-order chi connectivity index (χ1) is 8.30. The molecule has 2 atom stereocenters. The van der Waals surface area contributed by atoms with Crippen molar-refractivity contribution in [1.29, 1.82) is 0 Å². The molecule has 0 bridgehead atoms. The molecule has 1 aromatic heterocycles. The van der Waals surface area contributed by atoms with Crippen LogP contribution in [0.15, 0.2) is 18.3 Å². The minimum atomic E-state index is -4.52. The van der Waals surface area contributed by atoms with Crippen LogP contribution in [0.5, 0.6) is 0 Å². The molecule has 1 aliphatic heterocycles. The van der Waals surface area contributed by atoms with Crippen LogP contribution in [0.1, 0.15) is 12.5 Å². The average Bonchev–Trinajstić information content (AvgIpc) is 2.52. The van der Waals surface area contributed by atoms with Crippen LogP contribution in [-0.2, 0) is 6.18 Å². The van der Waals surface area contributed by atoms with Gasteiger partial charge in [0.2, 0.25) is 0 Å². The number of nitrogens with zero attached hydrogens (tertiary/aromatic N) is 2. The summed E-state index contributed by atoms with van der Waals surface area (Å²) in [7, 11) is 0. The molecule has 2 N–H and O–H groups in total. The van der Waals surface area contributed by atoms with Gasteiger partial charge in [0.25, 0.3) is 0 Å². The van der Waals surface area contributed by atoms with E-state index in [9.17, 15) is 23.1 Å². The van der Waals surface area contributed by atoms with Gasteiger partial charge < -0.3 is 10.4 Å². The summed E-state index contributed by atoms with van der Waals surface area (Å²) in [5, 5.41) is 12.1. The summed E-state index contributed by atoms with van der Waals surface area (Å²) < 4.78 is 37.5. The fourth-order valence-corrected chi connectivity index (χ4v) is 1.65. The van der Waals surface area contributed by atoms with Gasteiger partial charge in [-0.1, -0.05) is 0 Å². The summed E-state index contributed by atoms with van der Waals surface area (Å²) in [6, 6.07) is 0.268. The fraction of sp³-hybridized carbons (Fsp3) is 0.400. The predicted octanol–water partition coefficient (Wildman–Crippen LogP) is 1.34.